The summed E-state index contributed by atoms with van der Waals surface area (Å²) in [6.07, 6.45) is 1.36. The molecule has 0 saturated heterocycles. The third-order valence-electron chi connectivity index (χ3n) is 8.70. The van der Waals surface area contributed by atoms with Crippen molar-refractivity contribution in [2.45, 2.75) is 45.1 Å². The van der Waals surface area contributed by atoms with Crippen molar-refractivity contribution >= 4 is 56.0 Å². The molecule has 0 radical (unpaired) electrons. The molecule has 2 N–H and O–H groups in total. The zero-order valence-electron chi connectivity index (χ0n) is 27.0. The molecule has 47 heavy (non-hydrogen) atoms. The molecule has 244 valence electrons. The lowest BCUT2D eigenvalue weighted by Gasteiger charge is -2.16. The molecule has 0 aliphatic carbocycles. The first-order valence-electron chi connectivity index (χ1n) is 15.7. The van der Waals surface area contributed by atoms with Gasteiger partial charge in [-0.2, -0.15) is 5.10 Å². The number of aryl methyl sites for hydroxylation is 2. The van der Waals surface area contributed by atoms with Crippen LogP contribution in [0.5, 0.6) is 5.75 Å². The Bertz CT molecular complexity index is 2030. The van der Waals surface area contributed by atoms with Crippen LogP contribution in [0.2, 0.25) is 0 Å². The van der Waals surface area contributed by atoms with Crippen LogP contribution in [0.15, 0.2) is 84.9 Å². The highest BCUT2D eigenvalue weighted by Crippen LogP contribution is 2.39. The summed E-state index contributed by atoms with van der Waals surface area (Å²) in [5, 5.41) is 8.67. The fourth-order valence-corrected chi connectivity index (χ4v) is 6.87. The van der Waals surface area contributed by atoms with E-state index in [0.717, 1.165) is 73.1 Å². The Morgan fingerprint density at radius 1 is 0.936 bits per heavy atom. The van der Waals surface area contributed by atoms with Crippen molar-refractivity contribution in [3.05, 3.63) is 119 Å². The normalized spacial score (nSPS) is 11.2. The highest BCUT2D eigenvalue weighted by atomic mass is 79.9. The molecule has 0 fully saturated rings. The number of benzene rings is 4. The van der Waals surface area contributed by atoms with Gasteiger partial charge in [-0.15, -0.1) is 12.4 Å². The lowest BCUT2D eigenvalue weighted by molar-refractivity contribution is 0.0513. The number of ether oxygens (including phenoxy) is 2. The summed E-state index contributed by atoms with van der Waals surface area (Å²) in [6.45, 7) is 5.61. The zero-order chi connectivity index (χ0) is 32.2. The second kappa shape index (κ2) is 15.2. The van der Waals surface area contributed by atoms with Gasteiger partial charge in [-0.3, -0.25) is 4.68 Å². The van der Waals surface area contributed by atoms with Gasteiger partial charge in [0.15, 0.2) is 0 Å². The van der Waals surface area contributed by atoms with Crippen molar-refractivity contribution in [3.8, 4) is 16.9 Å². The number of carbonyl (C=O) groups excluding carboxylic acids is 1. The van der Waals surface area contributed by atoms with Crippen LogP contribution in [-0.4, -0.2) is 33.5 Å². The number of nitrogens with two attached hydrogens (primary N) is 1. The lowest BCUT2D eigenvalue weighted by atomic mass is 9.98. The summed E-state index contributed by atoms with van der Waals surface area (Å²) in [7, 11) is 1.97. The average molecular weight is 716 g/mol. The van der Waals surface area contributed by atoms with Gasteiger partial charge in [0.2, 0.25) is 0 Å². The zero-order valence-corrected chi connectivity index (χ0v) is 29.4. The second-order valence-corrected chi connectivity index (χ2v) is 12.0. The number of aromatic nitrogens is 3. The predicted molar refractivity (Wildman–Crippen MR) is 196 cm³/mol. The Morgan fingerprint density at radius 2 is 1.64 bits per heavy atom. The molecule has 0 amide bonds. The minimum atomic E-state index is -0.330. The van der Waals surface area contributed by atoms with E-state index in [2.05, 4.69) is 69.9 Å². The van der Waals surface area contributed by atoms with Crippen molar-refractivity contribution in [1.29, 1.82) is 0 Å². The van der Waals surface area contributed by atoms with Crippen LogP contribution >= 0.6 is 28.3 Å². The van der Waals surface area contributed by atoms with E-state index in [-0.39, 0.29) is 25.0 Å². The molecule has 6 aromatic rings. The highest BCUT2D eigenvalue weighted by molar-refractivity contribution is 9.08. The highest BCUT2D eigenvalue weighted by Gasteiger charge is 2.28. The van der Waals surface area contributed by atoms with Gasteiger partial charge in [0, 0.05) is 53.1 Å². The second-order valence-electron chi connectivity index (χ2n) is 11.4. The van der Waals surface area contributed by atoms with E-state index < -0.39 is 0 Å². The summed E-state index contributed by atoms with van der Waals surface area (Å²) in [6, 6.07) is 28.8. The number of carbonyl (C=O) groups is 1. The van der Waals surface area contributed by atoms with Gasteiger partial charge < -0.3 is 19.8 Å². The maximum absolute atomic E-state index is 13.9. The number of esters is 1. The molecule has 0 aliphatic rings. The molecule has 9 heteroatoms. The molecular weight excluding hydrogens is 676 g/mol. The van der Waals surface area contributed by atoms with Gasteiger partial charge in [-0.1, -0.05) is 94.8 Å². The average Bonchev–Trinajstić information content (AvgIpc) is 3.55. The number of hydrogen-bond acceptors (Lipinski definition) is 5. The van der Waals surface area contributed by atoms with E-state index in [1.54, 1.807) is 0 Å². The van der Waals surface area contributed by atoms with Crippen LogP contribution in [0.4, 0.5) is 0 Å². The molecule has 6 rings (SSSR count). The van der Waals surface area contributed by atoms with Crippen molar-refractivity contribution in [3.63, 3.8) is 0 Å². The van der Waals surface area contributed by atoms with Crippen LogP contribution in [0.25, 0.3) is 32.8 Å². The van der Waals surface area contributed by atoms with Gasteiger partial charge >= 0.3 is 5.97 Å². The molecule has 7 nitrogen and oxygen atoms in total. The molecule has 2 heterocycles. The topological polar surface area (TPSA) is 84.3 Å². The number of fused-ring (bicyclic) bond motifs is 2. The Kier molecular flexibility index (Phi) is 11.1. The van der Waals surface area contributed by atoms with Crippen LogP contribution in [0.1, 0.15) is 51.9 Å². The van der Waals surface area contributed by atoms with E-state index in [9.17, 15) is 4.79 Å². The standard InChI is InChI=1S/C38H39BrN4O3.ClH/c1-4-45-38(44)37-31(19-11-21-46-34-20-9-15-26-12-7-8-16-29(26)34)30-17-10-18-32(35-25(2)42(3)41-33(35)22-39)36(30)43(37)24-28-14-6-5-13-27(28)23-40;/h5-10,12-18,20H,4,11,19,21-24,40H2,1-3H3;1H. The van der Waals surface area contributed by atoms with Gasteiger partial charge in [0.1, 0.15) is 11.4 Å². The van der Waals surface area contributed by atoms with Crippen molar-refractivity contribution in [1.82, 2.24) is 14.3 Å². The molecule has 0 bridgehead atoms. The quantitative estimate of drug-likeness (QED) is 0.0781. The van der Waals surface area contributed by atoms with Gasteiger partial charge in [0.25, 0.3) is 0 Å². The Balaban J connectivity index is 0.00000433. The lowest BCUT2D eigenvalue weighted by Crippen LogP contribution is -2.16. The Hall–Kier alpha value is -4.11. The summed E-state index contributed by atoms with van der Waals surface area (Å²) in [5.74, 6) is 0.532. The molecule has 2 aromatic heterocycles. The molecule has 0 saturated carbocycles. The van der Waals surface area contributed by atoms with Crippen molar-refractivity contribution < 1.29 is 14.3 Å². The van der Waals surface area contributed by atoms with Gasteiger partial charge in [0.05, 0.1) is 24.4 Å². The summed E-state index contributed by atoms with van der Waals surface area (Å²) >= 11 is 3.66. The van der Waals surface area contributed by atoms with E-state index in [1.165, 1.54) is 0 Å². The van der Waals surface area contributed by atoms with Crippen molar-refractivity contribution in [2.75, 3.05) is 13.2 Å². The number of nitrogens with zero attached hydrogens (tertiary/aromatic N) is 3. The first kappa shape index (κ1) is 34.2. The SMILES string of the molecule is CCOC(=O)c1c(CCCOc2cccc3ccccc23)c2cccc(-c3c(CBr)nn(C)c3C)c2n1Cc1ccccc1CN.Cl. The van der Waals surface area contributed by atoms with Crippen LogP contribution in [-0.2, 0) is 36.6 Å². The Morgan fingerprint density at radius 3 is 2.40 bits per heavy atom. The maximum Gasteiger partial charge on any atom is 0.355 e. The third kappa shape index (κ3) is 6.68. The summed E-state index contributed by atoms with van der Waals surface area (Å²) < 4.78 is 16.1. The molecule has 0 spiro atoms. The maximum atomic E-state index is 13.9. The number of alkyl halides is 1. The molecule has 0 atom stereocenters. The fraction of sp³-hybridized carbons (Fsp3) is 0.263. The van der Waals surface area contributed by atoms with E-state index >= 15 is 0 Å². The predicted octanol–water partition coefficient (Wildman–Crippen LogP) is 8.52. The largest absolute Gasteiger partial charge is 0.493 e. The number of hydrogen-bond donors (Lipinski definition) is 1. The molecular formula is C38H40BrClN4O3. The van der Waals surface area contributed by atoms with Crippen LogP contribution in [0.3, 0.4) is 0 Å². The van der Waals surface area contributed by atoms with Crippen LogP contribution < -0.4 is 10.5 Å². The minimum absolute atomic E-state index is 0. The number of para-hydroxylation sites is 1. The van der Waals surface area contributed by atoms with E-state index in [4.69, 9.17) is 20.3 Å². The number of halogens is 2. The monoisotopic (exact) mass is 714 g/mol. The molecule has 0 aliphatic heterocycles. The first-order chi connectivity index (χ1) is 22.5. The first-order valence-corrected chi connectivity index (χ1v) is 16.9. The van der Waals surface area contributed by atoms with E-state index in [0.29, 0.717) is 37.1 Å². The van der Waals surface area contributed by atoms with Gasteiger partial charge in [-0.05, 0) is 54.8 Å². The Labute approximate surface area is 290 Å². The third-order valence-corrected chi connectivity index (χ3v) is 9.23. The van der Waals surface area contributed by atoms with Gasteiger partial charge in [-0.25, -0.2) is 4.79 Å². The smallest absolute Gasteiger partial charge is 0.355 e. The summed E-state index contributed by atoms with van der Waals surface area (Å²) in [5.41, 5.74) is 14.9. The van der Waals surface area contributed by atoms with E-state index in [1.807, 2.05) is 61.1 Å². The number of rotatable bonds is 12. The van der Waals surface area contributed by atoms with Crippen molar-refractivity contribution in [2.24, 2.45) is 12.8 Å². The fourth-order valence-electron chi connectivity index (χ4n) is 6.48. The van der Waals surface area contributed by atoms with Crippen LogP contribution in [0, 0.1) is 6.92 Å². The molecule has 4 aromatic carbocycles. The summed E-state index contributed by atoms with van der Waals surface area (Å²) in [4.78, 5) is 13.9. The molecule has 0 unspecified atom stereocenters. The minimum Gasteiger partial charge on any atom is -0.493 e.